The van der Waals surface area contributed by atoms with Gasteiger partial charge in [0.2, 0.25) is 0 Å². The Balaban J connectivity index is 1.23. The fourth-order valence-electron chi connectivity index (χ4n) is 14.5. The van der Waals surface area contributed by atoms with Gasteiger partial charge in [-0.1, -0.05) is 167 Å². The van der Waals surface area contributed by atoms with Gasteiger partial charge in [-0.15, -0.1) is 11.3 Å². The van der Waals surface area contributed by atoms with Crippen LogP contribution < -0.4 is 25.5 Å². The van der Waals surface area contributed by atoms with E-state index in [4.69, 9.17) is 0 Å². The molecule has 0 unspecified atom stereocenters. The summed E-state index contributed by atoms with van der Waals surface area (Å²) >= 11 is 2.08. The predicted molar refractivity (Wildman–Crippen MR) is 329 cm³/mol. The number of benzene rings is 6. The highest BCUT2D eigenvalue weighted by Crippen LogP contribution is 2.57. The van der Waals surface area contributed by atoms with Crippen LogP contribution >= 0.6 is 11.3 Å². The van der Waals surface area contributed by atoms with Crippen LogP contribution in [0.2, 0.25) is 0 Å². The van der Waals surface area contributed by atoms with E-state index in [1.807, 2.05) is 0 Å². The highest BCUT2D eigenvalue weighted by atomic mass is 32.1. The minimum Gasteiger partial charge on any atom is -0.311 e. The topological polar surface area (TPSA) is 6.48 Å². The van der Waals surface area contributed by atoms with Crippen molar-refractivity contribution in [2.75, 3.05) is 9.80 Å². The first-order valence-electron chi connectivity index (χ1n) is 28.7. The summed E-state index contributed by atoms with van der Waals surface area (Å²) in [6.07, 6.45) is 7.08. The van der Waals surface area contributed by atoms with Crippen molar-refractivity contribution < 1.29 is 0 Å². The Morgan fingerprint density at radius 3 is 1.35 bits per heavy atom. The number of aryl methyl sites for hydroxylation is 1. The van der Waals surface area contributed by atoms with E-state index < -0.39 is 0 Å². The van der Waals surface area contributed by atoms with E-state index in [1.54, 1.807) is 0 Å². The maximum atomic E-state index is 2.80. The second kappa shape index (κ2) is 16.0. The molecule has 2 aliphatic heterocycles. The molecule has 3 heterocycles. The third-order valence-electron chi connectivity index (χ3n) is 20.0. The molecular weight excluding hydrogens is 924 g/mol. The highest BCUT2D eigenvalue weighted by molar-refractivity contribution is 7.33. The molecule has 6 aromatic carbocycles. The zero-order chi connectivity index (χ0) is 53.7. The maximum Gasteiger partial charge on any atom is 0.264 e. The van der Waals surface area contributed by atoms with Gasteiger partial charge >= 0.3 is 0 Å². The van der Waals surface area contributed by atoms with E-state index in [1.165, 1.54) is 153 Å². The van der Waals surface area contributed by atoms with Crippen LogP contribution in [-0.4, -0.2) is 6.71 Å². The zero-order valence-corrected chi connectivity index (χ0v) is 50.2. The van der Waals surface area contributed by atoms with E-state index in [2.05, 4.69) is 250 Å². The summed E-state index contributed by atoms with van der Waals surface area (Å²) in [6.45, 7) is 46.4. The van der Waals surface area contributed by atoms with Gasteiger partial charge in [-0.25, -0.2) is 0 Å². The molecule has 0 bridgehead atoms. The number of rotatable bonds is 3. The number of hydrogen-bond donors (Lipinski definition) is 0. The van der Waals surface area contributed by atoms with E-state index >= 15 is 0 Å². The first-order chi connectivity index (χ1) is 34.8. The molecule has 0 saturated carbocycles. The summed E-state index contributed by atoms with van der Waals surface area (Å²) in [5.74, 6) is 0. The standard InChI is InChI=1S/C71H85BN2S/c1-42-34-58-61-59(35-42)74(56-39-52-49(66(8,9)28-31-69(52,14)15)36-47(56)43-20-22-44(23-21-43)64(2,3)4)57-40-53-51(68(12,13)30-32-70(53,16)17)38-55(57)72(61)63-62(73(58)46-26-24-45(25-27-46)65(5,6)7)48-37-50-54(41-60(48)75-63)71(18,19)33-29-67(50,10)11/h20-27,34-41H,28-33H2,1-19H3. The first kappa shape index (κ1) is 50.7. The lowest BCUT2D eigenvalue weighted by Crippen LogP contribution is -2.61. The minimum absolute atomic E-state index is 0.0214. The van der Waals surface area contributed by atoms with Crippen molar-refractivity contribution in [1.29, 1.82) is 0 Å². The largest absolute Gasteiger partial charge is 0.311 e. The maximum absolute atomic E-state index is 2.80. The van der Waals surface area contributed by atoms with Crippen molar-refractivity contribution in [3.8, 4) is 11.1 Å². The summed E-state index contributed by atoms with van der Waals surface area (Å²) < 4.78 is 2.89. The Kier molecular flexibility index (Phi) is 10.8. The second-order valence-electron chi connectivity index (χ2n) is 30.3. The lowest BCUT2D eigenvalue weighted by molar-refractivity contribution is 0.332. The summed E-state index contributed by atoms with van der Waals surface area (Å²) in [5.41, 5.74) is 26.9. The van der Waals surface area contributed by atoms with Crippen LogP contribution in [0.25, 0.3) is 21.2 Å². The minimum atomic E-state index is 0.0214. The Hall–Kier alpha value is -5.06. The van der Waals surface area contributed by atoms with Gasteiger partial charge in [0.15, 0.2) is 0 Å². The molecule has 0 spiro atoms. The molecule has 388 valence electrons. The third kappa shape index (κ3) is 7.73. The molecular formula is C71H85BN2S. The average Bonchev–Trinajstić information content (AvgIpc) is 3.81. The molecule has 5 aliphatic rings. The molecule has 75 heavy (non-hydrogen) atoms. The lowest BCUT2D eigenvalue weighted by atomic mass is 9.35. The number of nitrogens with zero attached hydrogens (tertiary/aromatic N) is 2. The third-order valence-corrected chi connectivity index (χ3v) is 21.2. The van der Waals surface area contributed by atoms with Crippen molar-refractivity contribution in [2.24, 2.45) is 0 Å². The summed E-state index contributed by atoms with van der Waals surface area (Å²) in [6, 6.07) is 40.5. The van der Waals surface area contributed by atoms with Gasteiger partial charge in [0.05, 0.1) is 11.4 Å². The molecule has 2 nitrogen and oxygen atoms in total. The van der Waals surface area contributed by atoms with Gasteiger partial charge < -0.3 is 9.80 Å². The Labute approximate surface area is 456 Å². The van der Waals surface area contributed by atoms with Gasteiger partial charge in [-0.2, -0.15) is 0 Å². The van der Waals surface area contributed by atoms with E-state index in [9.17, 15) is 0 Å². The number of hydrogen-bond acceptors (Lipinski definition) is 3. The van der Waals surface area contributed by atoms with Crippen molar-refractivity contribution >= 4 is 78.0 Å². The zero-order valence-electron chi connectivity index (χ0n) is 49.4. The molecule has 0 atom stereocenters. The van der Waals surface area contributed by atoms with Crippen LogP contribution in [0, 0.1) is 6.92 Å². The molecule has 0 amide bonds. The Bertz CT molecular complexity index is 3520. The fourth-order valence-corrected chi connectivity index (χ4v) is 15.9. The highest BCUT2D eigenvalue weighted by Gasteiger charge is 2.50. The van der Waals surface area contributed by atoms with Gasteiger partial charge in [-0.3, -0.25) is 0 Å². The van der Waals surface area contributed by atoms with Crippen LogP contribution in [0.1, 0.15) is 213 Å². The van der Waals surface area contributed by atoms with Crippen LogP contribution in [-0.2, 0) is 43.3 Å². The molecule has 12 rings (SSSR count). The van der Waals surface area contributed by atoms with Crippen molar-refractivity contribution in [2.45, 2.75) is 213 Å². The molecule has 7 aromatic rings. The lowest BCUT2D eigenvalue weighted by Gasteiger charge is -2.48. The molecule has 0 saturated heterocycles. The molecule has 0 N–H and O–H groups in total. The molecule has 3 aliphatic carbocycles. The van der Waals surface area contributed by atoms with Crippen LogP contribution in [0.4, 0.5) is 34.1 Å². The predicted octanol–water partition coefficient (Wildman–Crippen LogP) is 18.6. The summed E-state index contributed by atoms with van der Waals surface area (Å²) in [4.78, 5) is 5.51. The van der Waals surface area contributed by atoms with Crippen molar-refractivity contribution in [1.82, 2.24) is 0 Å². The molecule has 4 heteroatoms. The van der Waals surface area contributed by atoms with E-state index in [-0.39, 0.29) is 50.0 Å². The first-order valence-corrected chi connectivity index (χ1v) is 29.6. The quantitative estimate of drug-likeness (QED) is 0.163. The Morgan fingerprint density at radius 2 is 0.853 bits per heavy atom. The Morgan fingerprint density at radius 1 is 0.440 bits per heavy atom. The van der Waals surface area contributed by atoms with E-state index in [0.29, 0.717) is 0 Å². The van der Waals surface area contributed by atoms with Gasteiger partial charge in [0, 0.05) is 43.2 Å². The van der Waals surface area contributed by atoms with Gasteiger partial charge in [0.25, 0.3) is 6.71 Å². The number of thiophene rings is 1. The van der Waals surface area contributed by atoms with Crippen LogP contribution in [0.15, 0.2) is 97.1 Å². The van der Waals surface area contributed by atoms with Crippen LogP contribution in [0.3, 0.4) is 0 Å². The normalized spacial score (nSPS) is 20.2. The molecule has 1 aromatic heterocycles. The summed E-state index contributed by atoms with van der Waals surface area (Å²) in [7, 11) is 0. The van der Waals surface area contributed by atoms with E-state index in [0.717, 1.165) is 6.42 Å². The second-order valence-corrected chi connectivity index (χ2v) is 31.4. The van der Waals surface area contributed by atoms with Gasteiger partial charge in [0.1, 0.15) is 0 Å². The van der Waals surface area contributed by atoms with Crippen molar-refractivity contribution in [3.63, 3.8) is 0 Å². The summed E-state index contributed by atoms with van der Waals surface area (Å²) in [5, 5.41) is 1.40. The van der Waals surface area contributed by atoms with Gasteiger partial charge in [-0.05, 0) is 210 Å². The number of fused-ring (bicyclic) bond motifs is 9. The van der Waals surface area contributed by atoms with Crippen molar-refractivity contribution in [3.05, 3.63) is 147 Å². The SMILES string of the molecule is Cc1cc2c3c(c1)N(c1ccc(C(C)(C)C)cc1)c1c(sc4cc5c(cc14)C(C)(C)CCC5(C)C)B3c1cc3c(cc1N2c1cc2c(cc1-c1ccc(C(C)(C)C)cc1)C(C)(C)CCC2(C)C)C(C)(C)CCC3(C)C. The molecule has 0 fully saturated rings. The fraction of sp³-hybridized carbons (Fsp3) is 0.465. The molecule has 0 radical (unpaired) electrons. The number of anilines is 6. The monoisotopic (exact) mass is 1010 g/mol. The average molecular weight is 1010 g/mol. The smallest absolute Gasteiger partial charge is 0.264 e. The van der Waals surface area contributed by atoms with Crippen LogP contribution in [0.5, 0.6) is 0 Å².